The molecule has 5 rings (SSSR count). The predicted octanol–water partition coefficient (Wildman–Crippen LogP) is 7.31. The van der Waals surface area contributed by atoms with Gasteiger partial charge in [0.15, 0.2) is 5.65 Å². The summed E-state index contributed by atoms with van der Waals surface area (Å²) in [5.41, 5.74) is 5.92. The number of aromatic nitrogens is 3. The molecule has 0 aliphatic carbocycles. The number of aryl methyl sites for hydroxylation is 1. The zero-order valence-corrected chi connectivity index (χ0v) is 18.9. The number of nitrogens with zero attached hydrogens (tertiary/aromatic N) is 3. The predicted molar refractivity (Wildman–Crippen MR) is 133 cm³/mol. The molecule has 0 unspecified atom stereocenters. The molecule has 4 nitrogen and oxygen atoms in total. The molecule has 6 heteroatoms. The third-order valence-corrected chi connectivity index (χ3v) is 6.28. The van der Waals surface area contributed by atoms with Crippen LogP contribution in [-0.4, -0.2) is 14.5 Å². The van der Waals surface area contributed by atoms with E-state index in [1.165, 1.54) is 0 Å². The SMILES string of the molecule is Cc1ccc(-n2cc(-c3ccccc3)c3c(NCc4ccccc4Cl)ncnc32)cc1Cl. The number of halogens is 2. The van der Waals surface area contributed by atoms with Crippen molar-refractivity contribution in [3.05, 3.63) is 106 Å². The Bertz CT molecular complexity index is 1410. The first-order chi connectivity index (χ1) is 15.6. The Morgan fingerprint density at radius 3 is 2.44 bits per heavy atom. The minimum absolute atomic E-state index is 0.557. The van der Waals surface area contributed by atoms with E-state index in [2.05, 4.69) is 38.2 Å². The molecule has 0 aliphatic rings. The van der Waals surface area contributed by atoms with E-state index in [4.69, 9.17) is 23.2 Å². The molecule has 2 aromatic heterocycles. The summed E-state index contributed by atoms with van der Waals surface area (Å²) in [5.74, 6) is 0.755. The van der Waals surface area contributed by atoms with Gasteiger partial charge in [-0.25, -0.2) is 9.97 Å². The van der Waals surface area contributed by atoms with E-state index in [0.29, 0.717) is 6.54 Å². The first kappa shape index (κ1) is 20.6. The van der Waals surface area contributed by atoms with E-state index in [1.807, 2.05) is 67.6 Å². The summed E-state index contributed by atoms with van der Waals surface area (Å²) >= 11 is 12.8. The van der Waals surface area contributed by atoms with E-state index >= 15 is 0 Å². The van der Waals surface area contributed by atoms with Crippen LogP contribution in [0.15, 0.2) is 85.3 Å². The summed E-state index contributed by atoms with van der Waals surface area (Å²) < 4.78 is 2.06. The Hall–Kier alpha value is -3.34. The van der Waals surface area contributed by atoms with Gasteiger partial charge >= 0.3 is 0 Å². The Morgan fingerprint density at radius 2 is 1.66 bits per heavy atom. The van der Waals surface area contributed by atoms with Crippen molar-refractivity contribution in [1.29, 1.82) is 0 Å². The highest BCUT2D eigenvalue weighted by Gasteiger charge is 2.18. The number of nitrogens with one attached hydrogen (secondary N) is 1. The number of rotatable bonds is 5. The second-order valence-corrected chi connectivity index (χ2v) is 8.39. The van der Waals surface area contributed by atoms with Crippen LogP contribution in [0.4, 0.5) is 5.82 Å². The molecule has 32 heavy (non-hydrogen) atoms. The van der Waals surface area contributed by atoms with E-state index in [9.17, 15) is 0 Å². The van der Waals surface area contributed by atoms with Gasteiger partial charge in [0.05, 0.1) is 5.39 Å². The van der Waals surface area contributed by atoms with Crippen LogP contribution in [0.1, 0.15) is 11.1 Å². The highest BCUT2D eigenvalue weighted by Crippen LogP contribution is 2.36. The Labute approximate surface area is 196 Å². The normalized spacial score (nSPS) is 11.1. The van der Waals surface area contributed by atoms with Crippen LogP contribution in [0.3, 0.4) is 0 Å². The summed E-state index contributed by atoms with van der Waals surface area (Å²) in [6, 6.07) is 24.1. The Balaban J connectivity index is 1.67. The first-order valence-electron chi connectivity index (χ1n) is 10.3. The van der Waals surface area contributed by atoms with Crippen LogP contribution in [0, 0.1) is 6.92 Å². The van der Waals surface area contributed by atoms with Gasteiger partial charge in [0.2, 0.25) is 0 Å². The van der Waals surface area contributed by atoms with Gasteiger partial charge in [0.25, 0.3) is 0 Å². The molecule has 0 bridgehead atoms. The van der Waals surface area contributed by atoms with Crippen molar-refractivity contribution >= 4 is 40.1 Å². The van der Waals surface area contributed by atoms with Gasteiger partial charge in [-0.05, 0) is 41.8 Å². The van der Waals surface area contributed by atoms with E-state index in [1.54, 1.807) is 6.33 Å². The van der Waals surface area contributed by atoms with Crippen molar-refractivity contribution in [3.8, 4) is 16.8 Å². The fraction of sp³-hybridized carbons (Fsp3) is 0.0769. The maximum atomic E-state index is 6.43. The zero-order chi connectivity index (χ0) is 22.1. The molecule has 3 aromatic carbocycles. The molecule has 1 N–H and O–H groups in total. The third-order valence-electron chi connectivity index (χ3n) is 5.51. The molecule has 0 radical (unpaired) electrons. The standard InChI is InChI=1S/C26H20Cl2N4/c1-17-11-12-20(13-23(17)28)32-15-21(18-7-3-2-4-8-18)24-25(30-16-31-26(24)32)29-14-19-9-5-6-10-22(19)27/h2-13,15-16H,14H2,1H3,(H,29,30,31). The number of anilines is 1. The van der Waals surface area contributed by atoms with Gasteiger partial charge in [-0.3, -0.25) is 0 Å². The van der Waals surface area contributed by atoms with Crippen molar-refractivity contribution < 1.29 is 0 Å². The lowest BCUT2D eigenvalue weighted by Crippen LogP contribution is -2.03. The molecule has 0 fully saturated rings. The maximum Gasteiger partial charge on any atom is 0.150 e. The molecular weight excluding hydrogens is 439 g/mol. The van der Waals surface area contributed by atoms with Gasteiger partial charge in [-0.2, -0.15) is 0 Å². The molecule has 0 saturated heterocycles. The van der Waals surface area contributed by atoms with Crippen LogP contribution in [0.2, 0.25) is 10.0 Å². The number of fused-ring (bicyclic) bond motifs is 1. The largest absolute Gasteiger partial charge is 0.365 e. The van der Waals surface area contributed by atoms with Crippen molar-refractivity contribution in [2.45, 2.75) is 13.5 Å². The van der Waals surface area contributed by atoms with Gasteiger partial charge < -0.3 is 9.88 Å². The highest BCUT2D eigenvalue weighted by molar-refractivity contribution is 6.31. The first-order valence-corrected chi connectivity index (χ1v) is 11.0. The lowest BCUT2D eigenvalue weighted by Gasteiger charge is -2.10. The quantitative estimate of drug-likeness (QED) is 0.300. The second-order valence-electron chi connectivity index (χ2n) is 7.58. The van der Waals surface area contributed by atoms with Crippen LogP contribution in [-0.2, 0) is 6.54 Å². The highest BCUT2D eigenvalue weighted by atomic mass is 35.5. The summed E-state index contributed by atoms with van der Waals surface area (Å²) in [4.78, 5) is 9.20. The molecule has 5 aromatic rings. The zero-order valence-electron chi connectivity index (χ0n) is 17.4. The summed E-state index contributed by atoms with van der Waals surface area (Å²) in [6.07, 6.45) is 3.68. The molecule has 0 spiro atoms. The molecule has 0 amide bonds. The number of hydrogen-bond donors (Lipinski definition) is 1. The lowest BCUT2D eigenvalue weighted by atomic mass is 10.1. The number of hydrogen-bond acceptors (Lipinski definition) is 3. The van der Waals surface area contributed by atoms with Gasteiger partial charge in [-0.1, -0.05) is 77.8 Å². The summed E-state index contributed by atoms with van der Waals surface area (Å²) in [7, 11) is 0. The van der Waals surface area contributed by atoms with E-state index in [0.717, 1.165) is 54.8 Å². The van der Waals surface area contributed by atoms with E-state index < -0.39 is 0 Å². The minimum Gasteiger partial charge on any atom is -0.365 e. The average Bonchev–Trinajstić information content (AvgIpc) is 3.21. The van der Waals surface area contributed by atoms with Crippen molar-refractivity contribution in [1.82, 2.24) is 14.5 Å². The van der Waals surface area contributed by atoms with Gasteiger partial charge in [0.1, 0.15) is 12.1 Å². The third kappa shape index (κ3) is 3.83. The van der Waals surface area contributed by atoms with Crippen LogP contribution < -0.4 is 5.32 Å². The molecule has 0 atom stereocenters. The maximum absolute atomic E-state index is 6.43. The fourth-order valence-electron chi connectivity index (χ4n) is 3.78. The molecular formula is C26H20Cl2N4. The van der Waals surface area contributed by atoms with Crippen LogP contribution in [0.25, 0.3) is 27.8 Å². The average molecular weight is 459 g/mol. The Morgan fingerprint density at radius 1 is 0.875 bits per heavy atom. The van der Waals surface area contributed by atoms with Crippen LogP contribution >= 0.6 is 23.2 Å². The van der Waals surface area contributed by atoms with Crippen molar-refractivity contribution in [2.75, 3.05) is 5.32 Å². The number of benzene rings is 3. The van der Waals surface area contributed by atoms with Crippen molar-refractivity contribution in [3.63, 3.8) is 0 Å². The topological polar surface area (TPSA) is 42.7 Å². The minimum atomic E-state index is 0.557. The summed E-state index contributed by atoms with van der Waals surface area (Å²) in [5, 5.41) is 5.85. The summed E-state index contributed by atoms with van der Waals surface area (Å²) in [6.45, 7) is 2.55. The molecule has 158 valence electrons. The van der Waals surface area contributed by atoms with Crippen molar-refractivity contribution in [2.24, 2.45) is 0 Å². The molecule has 0 aliphatic heterocycles. The molecule has 2 heterocycles. The van der Waals surface area contributed by atoms with Crippen LogP contribution in [0.5, 0.6) is 0 Å². The Kier molecular flexibility index (Phi) is 5.56. The molecule has 0 saturated carbocycles. The lowest BCUT2D eigenvalue weighted by molar-refractivity contribution is 1.06. The van der Waals surface area contributed by atoms with Gasteiger partial charge in [0, 0.05) is 34.0 Å². The fourth-order valence-corrected chi connectivity index (χ4v) is 4.16. The smallest absolute Gasteiger partial charge is 0.150 e. The van der Waals surface area contributed by atoms with Gasteiger partial charge in [-0.15, -0.1) is 0 Å². The monoisotopic (exact) mass is 458 g/mol. The second kappa shape index (κ2) is 8.65. The van der Waals surface area contributed by atoms with E-state index in [-0.39, 0.29) is 0 Å².